The second-order valence-corrected chi connectivity index (χ2v) is 19.1. The Balaban J connectivity index is 1.39. The number of ketones is 1. The van der Waals surface area contributed by atoms with Crippen LogP contribution in [0.1, 0.15) is 103 Å². The molecule has 2 aromatic rings. The molecule has 0 unspecified atom stereocenters. The first-order chi connectivity index (χ1) is 28.8. The standard InChI is InChI=1S/C42H53F4N3O9S/c1-7-25-16-24(2)10-8-9-11-26-20-41(26,38(53)48-59(54,55)40(5)14-15-40)21-33(50)32-18-28(57-36-31-17-27(43)12-13-29(31)34(56-6)22-47-36)23-49(32)37(52)30(25)19-35(51)58-39(3,4)42(44,45)46/h9,11-13,17,22,24-26,28,30,32H,7-8,10,14-16,18-21,23H2,1-6H3,(H,48,53)/b11-9-/t24-,25-,26-,28-,30+,32+,41-/m1/s1/i5D3. The maximum atomic E-state index is 15.0. The Morgan fingerprint density at radius 2 is 1.86 bits per heavy atom. The fourth-order valence-electron chi connectivity index (χ4n) is 8.40. The summed E-state index contributed by atoms with van der Waals surface area (Å²) in [5.41, 5.74) is -4.51. The zero-order valence-electron chi connectivity index (χ0n) is 36.7. The topological polar surface area (TPSA) is 158 Å². The predicted molar refractivity (Wildman–Crippen MR) is 208 cm³/mol. The second-order valence-electron chi connectivity index (χ2n) is 17.1. The monoisotopic (exact) mass is 854 g/mol. The number of alkyl halides is 3. The fraction of sp³-hybridized carbons (Fsp3) is 0.643. The Labute approximate surface area is 346 Å². The highest BCUT2D eigenvalue weighted by Gasteiger charge is 2.63. The third kappa shape index (κ3) is 9.09. The molecular formula is C42H53F4N3O9S. The van der Waals surface area contributed by atoms with E-state index in [1.165, 1.54) is 36.4 Å². The van der Waals surface area contributed by atoms with Gasteiger partial charge in [0.15, 0.2) is 5.78 Å². The lowest BCUT2D eigenvalue weighted by Gasteiger charge is -2.34. The molecule has 0 spiro atoms. The Hall–Kier alpha value is -4.28. The minimum atomic E-state index is -4.92. The summed E-state index contributed by atoms with van der Waals surface area (Å²) in [5, 5.41) is 0.663. The number of pyridine rings is 1. The zero-order valence-corrected chi connectivity index (χ0v) is 34.5. The van der Waals surface area contributed by atoms with Crippen molar-refractivity contribution in [3.63, 3.8) is 0 Å². The van der Waals surface area contributed by atoms with Gasteiger partial charge in [-0.25, -0.2) is 17.8 Å². The number of carbonyl (C=O) groups excluding carboxylic acids is 4. The molecule has 0 radical (unpaired) electrons. The minimum Gasteiger partial charge on any atom is -0.494 e. The summed E-state index contributed by atoms with van der Waals surface area (Å²) < 4.78 is 123. The first kappa shape index (κ1) is 40.1. The highest BCUT2D eigenvalue weighted by Crippen LogP contribution is 2.58. The summed E-state index contributed by atoms with van der Waals surface area (Å²) in [5.74, 6) is -6.57. The van der Waals surface area contributed by atoms with Gasteiger partial charge >= 0.3 is 12.1 Å². The first-order valence-corrected chi connectivity index (χ1v) is 21.4. The van der Waals surface area contributed by atoms with Gasteiger partial charge in [0.05, 0.1) is 53.8 Å². The molecule has 3 heterocycles. The van der Waals surface area contributed by atoms with Crippen molar-refractivity contribution in [2.75, 3.05) is 13.7 Å². The van der Waals surface area contributed by atoms with E-state index in [-0.39, 0.29) is 49.4 Å². The van der Waals surface area contributed by atoms with E-state index < -0.39 is 111 Å². The molecule has 3 fully saturated rings. The van der Waals surface area contributed by atoms with Crippen molar-refractivity contribution in [3.05, 3.63) is 42.4 Å². The van der Waals surface area contributed by atoms with Crippen molar-refractivity contribution in [2.24, 2.45) is 29.1 Å². The summed E-state index contributed by atoms with van der Waals surface area (Å²) >= 11 is 0. The summed E-state index contributed by atoms with van der Waals surface area (Å²) in [7, 11) is -3.34. The van der Waals surface area contributed by atoms with Gasteiger partial charge in [0.2, 0.25) is 33.3 Å². The number of carbonyl (C=O) groups is 4. The maximum absolute atomic E-state index is 15.0. The van der Waals surface area contributed by atoms with Crippen LogP contribution in [0, 0.1) is 34.9 Å². The van der Waals surface area contributed by atoms with Crippen LogP contribution in [0.5, 0.6) is 11.6 Å². The molecule has 324 valence electrons. The molecule has 6 rings (SSSR count). The van der Waals surface area contributed by atoms with E-state index in [2.05, 4.69) is 4.98 Å². The molecule has 2 amide bonds. The molecule has 1 aromatic carbocycles. The summed E-state index contributed by atoms with van der Waals surface area (Å²) in [4.78, 5) is 62.8. The van der Waals surface area contributed by atoms with Crippen molar-refractivity contribution in [1.29, 1.82) is 0 Å². The molecule has 1 saturated heterocycles. The molecule has 12 nitrogen and oxygen atoms in total. The Bertz CT molecular complexity index is 2230. The van der Waals surface area contributed by atoms with Gasteiger partial charge in [-0.05, 0) is 95.2 Å². The van der Waals surface area contributed by atoms with Crippen LogP contribution in [0.4, 0.5) is 17.6 Å². The van der Waals surface area contributed by atoms with E-state index in [1.807, 2.05) is 17.7 Å². The Morgan fingerprint density at radius 3 is 2.51 bits per heavy atom. The van der Waals surface area contributed by atoms with Crippen LogP contribution in [0.25, 0.3) is 10.8 Å². The second kappa shape index (κ2) is 16.3. The Morgan fingerprint density at radius 1 is 1.14 bits per heavy atom. The molecule has 2 aliphatic carbocycles. The number of sulfonamides is 1. The van der Waals surface area contributed by atoms with Crippen LogP contribution in [0.2, 0.25) is 0 Å². The number of halogens is 4. The number of amides is 2. The van der Waals surface area contributed by atoms with Crippen LogP contribution in [0.3, 0.4) is 0 Å². The van der Waals surface area contributed by atoms with Gasteiger partial charge in [-0.15, -0.1) is 0 Å². The number of rotatable bonds is 10. The van der Waals surface area contributed by atoms with E-state index in [4.69, 9.17) is 18.3 Å². The van der Waals surface area contributed by atoms with Crippen LogP contribution < -0.4 is 14.2 Å². The molecule has 7 atom stereocenters. The smallest absolute Gasteiger partial charge is 0.427 e. The Kier molecular flexibility index (Phi) is 11.1. The molecule has 4 aliphatic rings. The van der Waals surface area contributed by atoms with Crippen LogP contribution >= 0.6 is 0 Å². The highest BCUT2D eigenvalue weighted by atomic mass is 32.2. The third-order valence-electron chi connectivity index (χ3n) is 12.5. The number of aromatic nitrogens is 1. The SMILES string of the molecule is [2H]C([2H])([2H])C1(S(=O)(=O)NC(=O)[C@]23CC(=O)[C@@H]4C[C@@H](Oc5ncc(OC)c6ccc(F)cc56)CN4C(=O)[C@@H](CC(=O)OC(C)(C)C(F)(F)F)[C@H](CC)C[C@H](C)CC/C=C\[C@@H]2C3)CC1. The molecule has 2 aliphatic heterocycles. The number of benzene rings is 1. The number of hydrogen-bond donors (Lipinski definition) is 1. The summed E-state index contributed by atoms with van der Waals surface area (Å²) in [6, 6.07) is 2.52. The number of allylic oxidation sites excluding steroid dienone is 2. The van der Waals surface area contributed by atoms with Gasteiger partial charge in [-0.3, -0.25) is 23.9 Å². The molecular weight excluding hydrogens is 799 g/mol. The fourth-order valence-corrected chi connectivity index (χ4v) is 9.68. The lowest BCUT2D eigenvalue weighted by Crippen LogP contribution is -2.49. The maximum Gasteiger partial charge on any atom is 0.427 e. The van der Waals surface area contributed by atoms with E-state index in [1.54, 1.807) is 13.0 Å². The summed E-state index contributed by atoms with van der Waals surface area (Å²) in [6.07, 6.45) is -1.06. The quantitative estimate of drug-likeness (QED) is 0.150. The molecule has 1 aromatic heterocycles. The lowest BCUT2D eigenvalue weighted by atomic mass is 9.79. The van der Waals surface area contributed by atoms with Crippen molar-refractivity contribution >= 4 is 44.4 Å². The van der Waals surface area contributed by atoms with E-state index in [0.29, 0.717) is 50.7 Å². The number of ether oxygens (including phenoxy) is 3. The first-order valence-electron chi connectivity index (χ1n) is 21.4. The van der Waals surface area contributed by atoms with Crippen LogP contribution in [-0.4, -0.2) is 84.2 Å². The number of nitrogens with zero attached hydrogens (tertiary/aromatic N) is 2. The van der Waals surface area contributed by atoms with Gasteiger partial charge in [-0.2, -0.15) is 13.2 Å². The van der Waals surface area contributed by atoms with Gasteiger partial charge in [0.1, 0.15) is 17.7 Å². The number of hydrogen-bond acceptors (Lipinski definition) is 10. The number of Topliss-reactive ketones (excluding diaryl/α,β-unsaturated/α-hetero) is 1. The van der Waals surface area contributed by atoms with Crippen molar-refractivity contribution in [1.82, 2.24) is 14.6 Å². The average molecular weight is 855 g/mol. The van der Waals surface area contributed by atoms with Gasteiger partial charge in [-0.1, -0.05) is 32.4 Å². The van der Waals surface area contributed by atoms with Crippen molar-refractivity contribution < 1.29 is 63.5 Å². The number of methoxy groups -OCH3 is 1. The van der Waals surface area contributed by atoms with E-state index >= 15 is 4.79 Å². The van der Waals surface area contributed by atoms with Gasteiger partial charge < -0.3 is 19.1 Å². The molecule has 59 heavy (non-hydrogen) atoms. The van der Waals surface area contributed by atoms with Gasteiger partial charge in [0, 0.05) is 22.3 Å². The minimum absolute atomic E-state index is 0.0438. The van der Waals surface area contributed by atoms with Crippen LogP contribution in [0.15, 0.2) is 36.5 Å². The van der Waals surface area contributed by atoms with Crippen molar-refractivity contribution in [3.8, 4) is 11.6 Å². The summed E-state index contributed by atoms with van der Waals surface area (Å²) in [6.45, 7) is 1.91. The highest BCUT2D eigenvalue weighted by molar-refractivity contribution is 7.91. The predicted octanol–water partition coefficient (Wildman–Crippen LogP) is 6.99. The zero-order chi connectivity index (χ0) is 45.8. The van der Waals surface area contributed by atoms with E-state index in [0.717, 1.165) is 0 Å². The number of fused-ring (bicyclic) bond motifs is 3. The molecule has 0 bridgehead atoms. The van der Waals surface area contributed by atoms with E-state index in [9.17, 15) is 40.4 Å². The third-order valence-corrected chi connectivity index (χ3v) is 14.4. The van der Waals surface area contributed by atoms with Crippen molar-refractivity contribution in [2.45, 2.75) is 127 Å². The molecule has 2 saturated carbocycles. The van der Waals surface area contributed by atoms with Crippen LogP contribution in [-0.2, 0) is 33.9 Å². The molecule has 1 N–H and O–H groups in total. The number of nitrogens with one attached hydrogen (secondary N) is 1. The molecule has 17 heteroatoms. The lowest BCUT2D eigenvalue weighted by molar-refractivity contribution is -0.257. The number of esters is 1. The average Bonchev–Trinajstić information content (AvgIpc) is 4.09. The van der Waals surface area contributed by atoms with Gasteiger partial charge in [0.25, 0.3) is 0 Å². The normalized spacial score (nSPS) is 30.3. The largest absolute Gasteiger partial charge is 0.494 e.